The molecule has 0 atom stereocenters. The Morgan fingerprint density at radius 1 is 1.00 bits per heavy atom. The number of aromatic nitrogens is 1. The highest BCUT2D eigenvalue weighted by Crippen LogP contribution is 2.16. The summed E-state index contributed by atoms with van der Waals surface area (Å²) < 4.78 is 2.08. The first-order chi connectivity index (χ1) is 9.65. The summed E-state index contributed by atoms with van der Waals surface area (Å²) in [4.78, 5) is 5.64. The van der Waals surface area contributed by atoms with E-state index in [4.69, 9.17) is 4.99 Å². The van der Waals surface area contributed by atoms with Gasteiger partial charge in [0.1, 0.15) is 0 Å². The second-order valence-electron chi connectivity index (χ2n) is 4.94. The van der Waals surface area contributed by atoms with Crippen LogP contribution in [0.3, 0.4) is 0 Å². The Balaban J connectivity index is 2.33. The first-order valence-corrected chi connectivity index (χ1v) is 6.98. The summed E-state index contributed by atoms with van der Waals surface area (Å²) in [6.45, 7) is 2.08. The summed E-state index contributed by atoms with van der Waals surface area (Å²) in [5.74, 6) is 0. The third-order valence-electron chi connectivity index (χ3n) is 3.37. The molecule has 0 saturated heterocycles. The van der Waals surface area contributed by atoms with Crippen molar-refractivity contribution in [3.8, 4) is 0 Å². The number of fused-ring (bicyclic) bond motifs is 1. The van der Waals surface area contributed by atoms with Crippen molar-refractivity contribution < 1.29 is 0 Å². The van der Waals surface area contributed by atoms with Crippen LogP contribution in [-0.2, 0) is 7.05 Å². The van der Waals surface area contributed by atoms with Gasteiger partial charge in [-0.05, 0) is 25.1 Å². The molecule has 20 heavy (non-hydrogen) atoms. The number of thiol groups is 1. The van der Waals surface area contributed by atoms with Gasteiger partial charge in [0.25, 0.3) is 0 Å². The largest absolute Gasteiger partial charge is 0.349 e. The highest BCUT2D eigenvalue weighted by molar-refractivity contribution is 7.80. The molecule has 3 rings (SSSR count). The fraction of sp³-hybridized carbons (Fsp3) is 0.118. The van der Waals surface area contributed by atoms with Crippen LogP contribution in [0.4, 0.5) is 5.69 Å². The van der Waals surface area contributed by atoms with Crippen LogP contribution in [0.15, 0.2) is 64.6 Å². The van der Waals surface area contributed by atoms with Crippen LogP contribution < -0.4 is 5.36 Å². The Morgan fingerprint density at radius 2 is 1.70 bits per heavy atom. The van der Waals surface area contributed by atoms with Crippen molar-refractivity contribution in [2.45, 2.75) is 11.8 Å². The fourth-order valence-corrected chi connectivity index (χ4v) is 2.64. The van der Waals surface area contributed by atoms with Gasteiger partial charge in [-0.1, -0.05) is 35.9 Å². The molecule has 2 nitrogen and oxygen atoms in total. The second-order valence-corrected chi connectivity index (χ2v) is 5.42. The Hall–Kier alpha value is -2.00. The predicted octanol–water partition coefficient (Wildman–Crippen LogP) is 4.01. The van der Waals surface area contributed by atoms with Gasteiger partial charge in [-0.3, -0.25) is 0 Å². The van der Waals surface area contributed by atoms with Crippen LogP contribution in [0.5, 0.6) is 0 Å². The van der Waals surface area contributed by atoms with Crippen LogP contribution >= 0.6 is 12.6 Å². The van der Waals surface area contributed by atoms with Crippen LogP contribution in [0, 0.1) is 6.92 Å². The Labute approximate surface area is 123 Å². The molecule has 0 spiro atoms. The number of nitrogens with zero attached hydrogens (tertiary/aromatic N) is 2. The maximum Gasteiger partial charge on any atom is 0.0878 e. The molecule has 0 aliphatic rings. The first kappa shape index (κ1) is 13.0. The van der Waals surface area contributed by atoms with Crippen LogP contribution in [-0.4, -0.2) is 4.57 Å². The van der Waals surface area contributed by atoms with Crippen molar-refractivity contribution in [3.05, 3.63) is 65.6 Å². The molecule has 0 bridgehead atoms. The van der Waals surface area contributed by atoms with E-state index in [1.165, 1.54) is 5.56 Å². The summed E-state index contributed by atoms with van der Waals surface area (Å²) in [6, 6.07) is 16.5. The van der Waals surface area contributed by atoms with Crippen LogP contribution in [0.1, 0.15) is 5.56 Å². The van der Waals surface area contributed by atoms with Gasteiger partial charge in [-0.25, -0.2) is 4.99 Å². The van der Waals surface area contributed by atoms with Gasteiger partial charge in [0.2, 0.25) is 0 Å². The minimum absolute atomic E-state index is 0.881. The molecule has 3 heteroatoms. The van der Waals surface area contributed by atoms with Crippen molar-refractivity contribution in [2.75, 3.05) is 0 Å². The quantitative estimate of drug-likeness (QED) is 0.649. The number of benzene rings is 2. The highest BCUT2D eigenvalue weighted by atomic mass is 32.1. The summed E-state index contributed by atoms with van der Waals surface area (Å²) in [5.41, 5.74) is 3.33. The van der Waals surface area contributed by atoms with Gasteiger partial charge in [-0.15, -0.1) is 12.6 Å². The Morgan fingerprint density at radius 3 is 2.45 bits per heavy atom. The van der Waals surface area contributed by atoms with Gasteiger partial charge < -0.3 is 4.57 Å². The van der Waals surface area contributed by atoms with Crippen molar-refractivity contribution >= 4 is 29.2 Å². The topological polar surface area (TPSA) is 17.3 Å². The zero-order valence-corrected chi connectivity index (χ0v) is 12.4. The van der Waals surface area contributed by atoms with Gasteiger partial charge in [-0.2, -0.15) is 0 Å². The van der Waals surface area contributed by atoms with E-state index in [-0.39, 0.29) is 0 Å². The van der Waals surface area contributed by atoms with E-state index in [9.17, 15) is 0 Å². The number of hydrogen-bond acceptors (Lipinski definition) is 2. The van der Waals surface area contributed by atoms with Gasteiger partial charge in [0.15, 0.2) is 0 Å². The molecular formula is C17H16N2S. The second kappa shape index (κ2) is 5.17. The summed E-state index contributed by atoms with van der Waals surface area (Å²) in [6.07, 6.45) is 2.00. The molecule has 100 valence electrons. The summed E-state index contributed by atoms with van der Waals surface area (Å²) in [7, 11) is 2.03. The van der Waals surface area contributed by atoms with E-state index >= 15 is 0 Å². The van der Waals surface area contributed by atoms with E-state index in [0.29, 0.717) is 0 Å². The molecule has 0 saturated carbocycles. The number of aryl methyl sites for hydroxylation is 2. The predicted molar refractivity (Wildman–Crippen MR) is 86.6 cm³/mol. The average molecular weight is 280 g/mol. The molecule has 0 amide bonds. The molecule has 0 aliphatic heterocycles. The lowest BCUT2D eigenvalue weighted by atomic mass is 10.2. The zero-order valence-electron chi connectivity index (χ0n) is 11.5. The van der Waals surface area contributed by atoms with E-state index < -0.39 is 0 Å². The van der Waals surface area contributed by atoms with Gasteiger partial charge in [0, 0.05) is 29.0 Å². The molecule has 0 radical (unpaired) electrons. The molecular weight excluding hydrogens is 264 g/mol. The SMILES string of the molecule is Cc1ccc(N=c2c(S)cn(C)c3ccccc23)cc1. The minimum Gasteiger partial charge on any atom is -0.349 e. The number of pyridine rings is 1. The lowest BCUT2D eigenvalue weighted by Gasteiger charge is -2.08. The fourth-order valence-electron chi connectivity index (χ4n) is 2.30. The lowest BCUT2D eigenvalue weighted by Crippen LogP contribution is -2.09. The van der Waals surface area contributed by atoms with Gasteiger partial charge in [0.05, 0.1) is 11.0 Å². The van der Waals surface area contributed by atoms with Crippen molar-refractivity contribution in [3.63, 3.8) is 0 Å². The first-order valence-electron chi connectivity index (χ1n) is 6.54. The zero-order chi connectivity index (χ0) is 14.1. The molecule has 0 N–H and O–H groups in total. The average Bonchev–Trinajstić information content (AvgIpc) is 2.45. The highest BCUT2D eigenvalue weighted by Gasteiger charge is 2.02. The van der Waals surface area contributed by atoms with Crippen LogP contribution in [0.25, 0.3) is 10.9 Å². The molecule has 3 aromatic rings. The van der Waals surface area contributed by atoms with Crippen LogP contribution in [0.2, 0.25) is 0 Å². The maximum atomic E-state index is 4.76. The van der Waals surface area contributed by atoms with E-state index in [0.717, 1.165) is 26.8 Å². The Bertz CT molecular complexity index is 830. The molecule has 0 unspecified atom stereocenters. The van der Waals surface area contributed by atoms with Crippen molar-refractivity contribution in [2.24, 2.45) is 12.0 Å². The molecule has 1 aromatic heterocycles. The molecule has 0 aliphatic carbocycles. The monoisotopic (exact) mass is 280 g/mol. The Kier molecular flexibility index (Phi) is 3.36. The minimum atomic E-state index is 0.881. The van der Waals surface area contributed by atoms with E-state index in [1.54, 1.807) is 0 Å². The van der Waals surface area contributed by atoms with Crippen molar-refractivity contribution in [1.82, 2.24) is 4.57 Å². The third kappa shape index (κ3) is 2.37. The lowest BCUT2D eigenvalue weighted by molar-refractivity contribution is 0.920. The molecule has 2 aromatic carbocycles. The van der Waals surface area contributed by atoms with E-state index in [1.807, 2.05) is 37.5 Å². The molecule has 1 heterocycles. The smallest absolute Gasteiger partial charge is 0.0878 e. The molecule has 0 fully saturated rings. The van der Waals surface area contributed by atoms with E-state index in [2.05, 4.69) is 48.4 Å². The number of rotatable bonds is 1. The summed E-state index contributed by atoms with van der Waals surface area (Å²) in [5, 5.41) is 2.04. The third-order valence-corrected chi connectivity index (χ3v) is 3.70. The van der Waals surface area contributed by atoms with Gasteiger partial charge >= 0.3 is 0 Å². The normalized spacial score (nSPS) is 12.1. The number of hydrogen-bond donors (Lipinski definition) is 1. The van der Waals surface area contributed by atoms with Crippen molar-refractivity contribution in [1.29, 1.82) is 0 Å². The maximum absolute atomic E-state index is 4.76. The summed E-state index contributed by atoms with van der Waals surface area (Å²) >= 11 is 4.58. The number of para-hydroxylation sites is 1. The standard InChI is InChI=1S/C17H16N2S/c1-12-7-9-13(10-8-12)18-17-14-5-3-4-6-15(14)19(2)11-16(17)20/h3-11,20H,1-2H3.